The van der Waals surface area contributed by atoms with Gasteiger partial charge < -0.3 is 5.11 Å². The first-order chi connectivity index (χ1) is 7.30. The second-order valence-electron chi connectivity index (χ2n) is 2.51. The van der Waals surface area contributed by atoms with E-state index in [2.05, 4.69) is 0 Å². The Morgan fingerprint density at radius 3 is 2.80 bits per heavy atom. The van der Waals surface area contributed by atoms with Crippen LogP contribution >= 0.6 is 23.1 Å². The molecule has 0 bridgehead atoms. The summed E-state index contributed by atoms with van der Waals surface area (Å²) in [5.74, 6) is 0.660. The van der Waals surface area contributed by atoms with E-state index in [1.165, 1.54) is 11.3 Å². The van der Waals surface area contributed by atoms with Gasteiger partial charge in [0.2, 0.25) is 0 Å². The minimum atomic E-state index is 0.107. The first kappa shape index (κ1) is 11.8. The first-order valence-corrected chi connectivity index (χ1v) is 5.95. The summed E-state index contributed by atoms with van der Waals surface area (Å²) < 4.78 is 1.07. The van der Waals surface area contributed by atoms with Crippen molar-refractivity contribution in [1.82, 2.24) is 0 Å². The summed E-state index contributed by atoms with van der Waals surface area (Å²) in [6.07, 6.45) is 1.56. The number of hydrogen-bond donors (Lipinski definition) is 1. The molecule has 5 heteroatoms. The highest BCUT2D eigenvalue weighted by molar-refractivity contribution is 8.01. The van der Waals surface area contributed by atoms with E-state index < -0.39 is 0 Å². The molecule has 0 radical (unpaired) electrons. The molecule has 0 aromatic carbocycles. The number of aliphatic hydroxyl groups excluding tert-OH is 1. The van der Waals surface area contributed by atoms with Crippen molar-refractivity contribution < 1.29 is 5.11 Å². The molecule has 0 atom stereocenters. The van der Waals surface area contributed by atoms with Gasteiger partial charge >= 0.3 is 0 Å². The topological polar surface area (TPSA) is 67.8 Å². The fraction of sp³-hybridized carbons (Fsp3) is 0.200. The molecule has 0 saturated carbocycles. The molecule has 0 unspecified atom stereocenters. The number of rotatable bonds is 4. The van der Waals surface area contributed by atoms with Crippen LogP contribution in [0.3, 0.4) is 0 Å². The normalized spacial score (nSPS) is 9.00. The zero-order valence-corrected chi connectivity index (χ0v) is 9.44. The van der Waals surface area contributed by atoms with Gasteiger partial charge in [-0.3, -0.25) is 0 Å². The van der Waals surface area contributed by atoms with Crippen LogP contribution in [-0.2, 0) is 0 Å². The third kappa shape index (κ3) is 3.77. The van der Waals surface area contributed by atoms with E-state index in [0.717, 1.165) is 9.09 Å². The van der Waals surface area contributed by atoms with E-state index in [1.54, 1.807) is 17.8 Å². The first-order valence-electron chi connectivity index (χ1n) is 4.15. The standard InChI is InChI=1S/C10H8N2OS2/c11-6-8(7-12)5-9-1-2-10(15-9)14-4-3-13/h1-2,5,13H,3-4H2. The van der Waals surface area contributed by atoms with Crippen LogP contribution in [0.15, 0.2) is 21.9 Å². The highest BCUT2D eigenvalue weighted by Gasteiger charge is 2.00. The molecule has 0 fully saturated rings. The monoisotopic (exact) mass is 236 g/mol. The Hall–Kier alpha value is -1.27. The number of hydrogen-bond acceptors (Lipinski definition) is 5. The molecule has 1 aromatic heterocycles. The van der Waals surface area contributed by atoms with Gasteiger partial charge in [0.1, 0.15) is 17.7 Å². The van der Waals surface area contributed by atoms with Gasteiger partial charge in [-0.1, -0.05) is 0 Å². The Morgan fingerprint density at radius 2 is 2.20 bits per heavy atom. The fourth-order valence-corrected chi connectivity index (χ4v) is 2.78. The van der Waals surface area contributed by atoms with Crippen molar-refractivity contribution >= 4 is 29.2 Å². The Bertz CT molecular complexity index is 421. The van der Waals surface area contributed by atoms with Crippen molar-refractivity contribution in [2.45, 2.75) is 4.21 Å². The summed E-state index contributed by atoms with van der Waals surface area (Å²) >= 11 is 3.06. The number of nitriles is 2. The molecule has 0 aliphatic carbocycles. The van der Waals surface area contributed by atoms with E-state index in [0.29, 0.717) is 5.75 Å². The number of thiophene rings is 1. The molecule has 1 rings (SSSR count). The number of allylic oxidation sites excluding steroid dienone is 1. The Morgan fingerprint density at radius 1 is 1.47 bits per heavy atom. The van der Waals surface area contributed by atoms with E-state index >= 15 is 0 Å². The summed E-state index contributed by atoms with van der Waals surface area (Å²) in [5, 5.41) is 25.8. The maximum Gasteiger partial charge on any atom is 0.131 e. The van der Waals surface area contributed by atoms with Gasteiger partial charge in [0, 0.05) is 10.6 Å². The number of nitrogens with zero attached hydrogens (tertiary/aromatic N) is 2. The lowest BCUT2D eigenvalue weighted by Gasteiger charge is -1.91. The fourth-order valence-electron chi connectivity index (χ4n) is 0.868. The van der Waals surface area contributed by atoms with Gasteiger partial charge in [0.25, 0.3) is 0 Å². The van der Waals surface area contributed by atoms with Gasteiger partial charge in [-0.15, -0.1) is 23.1 Å². The second-order valence-corrected chi connectivity index (χ2v) is 5.02. The lowest BCUT2D eigenvalue weighted by Crippen LogP contribution is -1.82. The predicted molar refractivity (Wildman–Crippen MR) is 61.3 cm³/mol. The lowest BCUT2D eigenvalue weighted by atomic mass is 10.3. The average Bonchev–Trinajstić information content (AvgIpc) is 2.70. The second kappa shape index (κ2) is 6.26. The molecule has 0 saturated heterocycles. The third-order valence-corrected chi connectivity index (χ3v) is 3.70. The summed E-state index contributed by atoms with van der Waals surface area (Å²) in [6, 6.07) is 7.41. The minimum Gasteiger partial charge on any atom is -0.396 e. The zero-order chi connectivity index (χ0) is 11.1. The Balaban J connectivity index is 2.73. The molecule has 1 N–H and O–H groups in total. The van der Waals surface area contributed by atoms with Crippen molar-refractivity contribution in [2.75, 3.05) is 12.4 Å². The molecule has 0 spiro atoms. The van der Waals surface area contributed by atoms with Crippen molar-refractivity contribution in [3.05, 3.63) is 22.6 Å². The van der Waals surface area contributed by atoms with Crippen LogP contribution in [0.25, 0.3) is 6.08 Å². The molecular weight excluding hydrogens is 228 g/mol. The number of aliphatic hydroxyl groups is 1. The average molecular weight is 236 g/mol. The lowest BCUT2D eigenvalue weighted by molar-refractivity contribution is 0.322. The SMILES string of the molecule is N#CC(C#N)=Cc1ccc(SCCO)s1. The predicted octanol–water partition coefficient (Wildman–Crippen LogP) is 2.26. The van der Waals surface area contributed by atoms with Crippen LogP contribution in [0, 0.1) is 22.7 Å². The molecule has 0 amide bonds. The van der Waals surface area contributed by atoms with Crippen LogP contribution < -0.4 is 0 Å². The Kier molecular flexibility index (Phi) is 4.92. The van der Waals surface area contributed by atoms with Crippen molar-refractivity contribution in [3.8, 4) is 12.1 Å². The molecule has 3 nitrogen and oxygen atoms in total. The molecule has 0 aliphatic rings. The van der Waals surface area contributed by atoms with E-state index in [1.807, 2.05) is 24.3 Å². The smallest absolute Gasteiger partial charge is 0.131 e. The molecule has 0 aliphatic heterocycles. The van der Waals surface area contributed by atoms with Crippen LogP contribution in [0.2, 0.25) is 0 Å². The van der Waals surface area contributed by atoms with E-state index in [9.17, 15) is 0 Å². The van der Waals surface area contributed by atoms with Gasteiger partial charge in [0.15, 0.2) is 0 Å². The zero-order valence-electron chi connectivity index (χ0n) is 7.80. The van der Waals surface area contributed by atoms with Gasteiger partial charge in [-0.25, -0.2) is 0 Å². The van der Waals surface area contributed by atoms with Crippen LogP contribution in [0.5, 0.6) is 0 Å². The van der Waals surface area contributed by atoms with Gasteiger partial charge in [-0.2, -0.15) is 10.5 Å². The summed E-state index contributed by atoms with van der Waals surface area (Å²) in [6.45, 7) is 0.148. The largest absolute Gasteiger partial charge is 0.396 e. The third-order valence-electron chi connectivity index (χ3n) is 1.47. The van der Waals surface area contributed by atoms with Crippen LogP contribution in [0.4, 0.5) is 0 Å². The molecule has 76 valence electrons. The van der Waals surface area contributed by atoms with Gasteiger partial charge in [-0.05, 0) is 18.2 Å². The maximum atomic E-state index is 8.64. The minimum absolute atomic E-state index is 0.107. The molecule has 1 heterocycles. The summed E-state index contributed by atoms with van der Waals surface area (Å²) in [5.41, 5.74) is 0.107. The summed E-state index contributed by atoms with van der Waals surface area (Å²) in [7, 11) is 0. The van der Waals surface area contributed by atoms with Crippen molar-refractivity contribution in [1.29, 1.82) is 10.5 Å². The van der Waals surface area contributed by atoms with E-state index in [4.69, 9.17) is 15.6 Å². The quantitative estimate of drug-likeness (QED) is 0.643. The van der Waals surface area contributed by atoms with Gasteiger partial charge in [0.05, 0.1) is 10.8 Å². The molecule has 1 aromatic rings. The highest BCUT2D eigenvalue weighted by Crippen LogP contribution is 2.28. The van der Waals surface area contributed by atoms with Crippen LogP contribution in [-0.4, -0.2) is 17.5 Å². The molecule has 15 heavy (non-hydrogen) atoms. The number of thioether (sulfide) groups is 1. The van der Waals surface area contributed by atoms with E-state index in [-0.39, 0.29) is 12.2 Å². The van der Waals surface area contributed by atoms with Crippen LogP contribution in [0.1, 0.15) is 4.88 Å². The van der Waals surface area contributed by atoms with Crippen molar-refractivity contribution in [2.24, 2.45) is 0 Å². The maximum absolute atomic E-state index is 8.64. The summed E-state index contributed by atoms with van der Waals surface area (Å²) in [4.78, 5) is 0.883. The molecular formula is C10H8N2OS2. The highest BCUT2D eigenvalue weighted by atomic mass is 32.2. The Labute approximate surface area is 96.3 Å². The van der Waals surface area contributed by atoms with Crippen molar-refractivity contribution in [3.63, 3.8) is 0 Å².